The SMILES string of the molecule is O=[N+]([O-])c1c(Oc2ccc(O)cc2)ccc2ncccc12. The summed E-state index contributed by atoms with van der Waals surface area (Å²) in [7, 11) is 0. The molecule has 0 saturated heterocycles. The number of hydrogen-bond donors (Lipinski definition) is 1. The first-order valence-electron chi connectivity index (χ1n) is 6.14. The number of nitro groups is 1. The molecule has 0 fully saturated rings. The average molecular weight is 282 g/mol. The highest BCUT2D eigenvalue weighted by molar-refractivity contribution is 5.90. The van der Waals surface area contributed by atoms with Crippen LogP contribution >= 0.6 is 0 Å². The van der Waals surface area contributed by atoms with Gasteiger partial charge in [0.05, 0.1) is 15.8 Å². The molecular formula is C15H10N2O4. The molecule has 1 N–H and O–H groups in total. The number of phenols is 1. The number of ether oxygens (including phenoxy) is 1. The molecule has 104 valence electrons. The molecule has 0 saturated carbocycles. The highest BCUT2D eigenvalue weighted by Gasteiger charge is 2.20. The van der Waals surface area contributed by atoms with Gasteiger partial charge in [-0.05, 0) is 48.5 Å². The van der Waals surface area contributed by atoms with Crippen LogP contribution in [0.4, 0.5) is 5.69 Å². The van der Waals surface area contributed by atoms with E-state index in [-0.39, 0.29) is 17.2 Å². The first-order chi connectivity index (χ1) is 10.1. The van der Waals surface area contributed by atoms with Gasteiger partial charge in [-0.25, -0.2) is 0 Å². The molecule has 0 spiro atoms. The lowest BCUT2D eigenvalue weighted by Crippen LogP contribution is -1.95. The number of nitrogens with zero attached hydrogens (tertiary/aromatic N) is 2. The molecule has 6 nitrogen and oxygen atoms in total. The maximum absolute atomic E-state index is 11.3. The van der Waals surface area contributed by atoms with E-state index in [0.717, 1.165) is 0 Å². The van der Waals surface area contributed by atoms with Gasteiger partial charge in [0, 0.05) is 6.20 Å². The molecule has 0 atom stereocenters. The average Bonchev–Trinajstić information content (AvgIpc) is 2.49. The first-order valence-corrected chi connectivity index (χ1v) is 6.14. The molecule has 3 rings (SSSR count). The number of pyridine rings is 1. The monoisotopic (exact) mass is 282 g/mol. The van der Waals surface area contributed by atoms with Crippen molar-refractivity contribution in [1.29, 1.82) is 0 Å². The van der Waals surface area contributed by atoms with Crippen molar-refractivity contribution in [3.8, 4) is 17.2 Å². The van der Waals surface area contributed by atoms with E-state index in [9.17, 15) is 15.2 Å². The lowest BCUT2D eigenvalue weighted by molar-refractivity contribution is -0.383. The molecule has 0 aliphatic rings. The largest absolute Gasteiger partial charge is 0.508 e. The summed E-state index contributed by atoms with van der Waals surface area (Å²) in [5, 5.41) is 21.0. The quantitative estimate of drug-likeness (QED) is 0.585. The third kappa shape index (κ3) is 2.46. The van der Waals surface area contributed by atoms with Crippen molar-refractivity contribution in [2.45, 2.75) is 0 Å². The Morgan fingerprint density at radius 2 is 1.86 bits per heavy atom. The molecule has 2 aromatic carbocycles. The number of nitro benzene ring substituents is 1. The summed E-state index contributed by atoms with van der Waals surface area (Å²) >= 11 is 0. The fraction of sp³-hybridized carbons (Fsp3) is 0. The Balaban J connectivity index is 2.11. The summed E-state index contributed by atoms with van der Waals surface area (Å²) < 4.78 is 5.55. The number of aromatic nitrogens is 1. The third-order valence-corrected chi connectivity index (χ3v) is 2.97. The first kappa shape index (κ1) is 12.9. The van der Waals surface area contributed by atoms with Crippen molar-refractivity contribution in [3.05, 3.63) is 64.8 Å². The van der Waals surface area contributed by atoms with E-state index in [1.807, 2.05) is 0 Å². The van der Waals surface area contributed by atoms with Crippen LogP contribution in [0.25, 0.3) is 10.9 Å². The van der Waals surface area contributed by atoms with Crippen LogP contribution in [0.3, 0.4) is 0 Å². The molecule has 6 heteroatoms. The molecule has 0 aliphatic carbocycles. The van der Waals surface area contributed by atoms with Crippen molar-refractivity contribution in [2.75, 3.05) is 0 Å². The maximum atomic E-state index is 11.3. The fourth-order valence-corrected chi connectivity index (χ4v) is 2.03. The van der Waals surface area contributed by atoms with E-state index < -0.39 is 4.92 Å². The molecule has 0 radical (unpaired) electrons. The van der Waals surface area contributed by atoms with Crippen LogP contribution in [0.15, 0.2) is 54.7 Å². The summed E-state index contributed by atoms with van der Waals surface area (Å²) in [6, 6.07) is 12.4. The van der Waals surface area contributed by atoms with Gasteiger partial charge < -0.3 is 9.84 Å². The van der Waals surface area contributed by atoms with Gasteiger partial charge in [0.1, 0.15) is 11.5 Å². The summed E-state index contributed by atoms with van der Waals surface area (Å²) in [4.78, 5) is 14.9. The van der Waals surface area contributed by atoms with Gasteiger partial charge in [-0.2, -0.15) is 0 Å². The number of rotatable bonds is 3. The van der Waals surface area contributed by atoms with Gasteiger partial charge in [-0.1, -0.05) is 0 Å². The van der Waals surface area contributed by atoms with Crippen LogP contribution in [0.2, 0.25) is 0 Å². The molecule has 1 heterocycles. The minimum Gasteiger partial charge on any atom is -0.508 e. The van der Waals surface area contributed by atoms with Crippen LogP contribution in [-0.4, -0.2) is 15.0 Å². The normalized spacial score (nSPS) is 10.5. The van der Waals surface area contributed by atoms with E-state index in [1.54, 1.807) is 24.4 Å². The zero-order valence-electron chi connectivity index (χ0n) is 10.8. The van der Waals surface area contributed by atoms with Gasteiger partial charge in [0.25, 0.3) is 0 Å². The van der Waals surface area contributed by atoms with Crippen molar-refractivity contribution in [1.82, 2.24) is 4.98 Å². The van der Waals surface area contributed by atoms with Crippen LogP contribution in [0.1, 0.15) is 0 Å². The minimum absolute atomic E-state index is 0.0968. The van der Waals surface area contributed by atoms with Gasteiger partial charge in [0.2, 0.25) is 5.75 Å². The Labute approximate surface area is 119 Å². The number of fused-ring (bicyclic) bond motifs is 1. The molecule has 0 unspecified atom stereocenters. The second-order valence-electron chi connectivity index (χ2n) is 4.34. The van der Waals surface area contributed by atoms with Crippen molar-refractivity contribution in [2.24, 2.45) is 0 Å². The van der Waals surface area contributed by atoms with Crippen molar-refractivity contribution >= 4 is 16.6 Å². The third-order valence-electron chi connectivity index (χ3n) is 2.97. The predicted octanol–water partition coefficient (Wildman–Crippen LogP) is 3.64. The van der Waals surface area contributed by atoms with Crippen LogP contribution < -0.4 is 4.74 Å². The Morgan fingerprint density at radius 1 is 1.10 bits per heavy atom. The Morgan fingerprint density at radius 3 is 2.57 bits per heavy atom. The molecule has 21 heavy (non-hydrogen) atoms. The number of benzene rings is 2. The van der Waals surface area contributed by atoms with Crippen LogP contribution in [0, 0.1) is 10.1 Å². The number of aromatic hydroxyl groups is 1. The molecular weight excluding hydrogens is 272 g/mol. The molecule has 3 aromatic rings. The highest BCUT2D eigenvalue weighted by Crippen LogP contribution is 2.37. The smallest absolute Gasteiger partial charge is 0.320 e. The van der Waals surface area contributed by atoms with Crippen LogP contribution in [0.5, 0.6) is 17.2 Å². The molecule has 0 aliphatic heterocycles. The van der Waals surface area contributed by atoms with E-state index in [4.69, 9.17) is 4.74 Å². The summed E-state index contributed by atoms with van der Waals surface area (Å²) in [5.74, 6) is 0.630. The zero-order valence-corrected chi connectivity index (χ0v) is 10.8. The predicted molar refractivity (Wildman–Crippen MR) is 76.6 cm³/mol. The topological polar surface area (TPSA) is 85.5 Å². The highest BCUT2D eigenvalue weighted by atomic mass is 16.6. The lowest BCUT2D eigenvalue weighted by atomic mass is 10.1. The Bertz CT molecular complexity index is 816. The fourth-order valence-electron chi connectivity index (χ4n) is 2.03. The zero-order chi connectivity index (χ0) is 14.8. The Hall–Kier alpha value is -3.15. The van der Waals surface area contributed by atoms with Gasteiger partial charge in [-0.3, -0.25) is 15.1 Å². The van der Waals surface area contributed by atoms with E-state index in [1.165, 1.54) is 30.3 Å². The number of phenolic OH excluding ortho intramolecular Hbond substituents is 1. The Kier molecular flexibility index (Phi) is 3.12. The summed E-state index contributed by atoms with van der Waals surface area (Å²) in [5.41, 5.74) is 0.399. The van der Waals surface area contributed by atoms with Crippen LogP contribution in [-0.2, 0) is 0 Å². The molecule has 0 bridgehead atoms. The van der Waals surface area contributed by atoms with Crippen molar-refractivity contribution in [3.63, 3.8) is 0 Å². The summed E-state index contributed by atoms with van der Waals surface area (Å²) in [6.45, 7) is 0. The second kappa shape index (κ2) is 5.09. The number of hydrogen-bond acceptors (Lipinski definition) is 5. The second-order valence-corrected chi connectivity index (χ2v) is 4.34. The maximum Gasteiger partial charge on any atom is 0.320 e. The van der Waals surface area contributed by atoms with Gasteiger partial charge >= 0.3 is 5.69 Å². The van der Waals surface area contributed by atoms with Gasteiger partial charge in [0.15, 0.2) is 0 Å². The standard InChI is InChI=1S/C15H10N2O4/c18-10-3-5-11(6-4-10)21-14-8-7-13-12(2-1-9-16-13)15(14)17(19)20/h1-9,18H. The van der Waals surface area contributed by atoms with E-state index >= 15 is 0 Å². The molecule has 0 amide bonds. The summed E-state index contributed by atoms with van der Waals surface area (Å²) in [6.07, 6.45) is 1.58. The van der Waals surface area contributed by atoms with E-state index in [0.29, 0.717) is 16.7 Å². The van der Waals surface area contributed by atoms with Gasteiger partial charge in [-0.15, -0.1) is 0 Å². The lowest BCUT2D eigenvalue weighted by Gasteiger charge is -2.08. The van der Waals surface area contributed by atoms with E-state index in [2.05, 4.69) is 4.98 Å². The van der Waals surface area contributed by atoms with Crippen molar-refractivity contribution < 1.29 is 14.8 Å². The molecule has 1 aromatic heterocycles. The minimum atomic E-state index is -0.486.